The Balaban J connectivity index is 1.74. The Bertz CT molecular complexity index is 537. The van der Waals surface area contributed by atoms with Crippen LogP contribution in [0, 0.1) is 5.92 Å². The largest absolute Gasteiger partial charge is 0.378 e. The number of hydrogen-bond acceptors (Lipinski definition) is 4. The molecule has 0 N–H and O–H groups in total. The van der Waals surface area contributed by atoms with Crippen molar-refractivity contribution in [1.29, 1.82) is 0 Å². The predicted octanol–water partition coefficient (Wildman–Crippen LogP) is 2.57. The van der Waals surface area contributed by atoms with Crippen LogP contribution < -0.4 is 4.90 Å². The monoisotopic (exact) mass is 317 g/mol. The third-order valence-corrected chi connectivity index (χ3v) is 4.90. The van der Waals surface area contributed by atoms with Crippen molar-refractivity contribution in [3.8, 4) is 0 Å². The molecular weight excluding hydrogens is 290 g/mol. The third-order valence-electron chi connectivity index (χ3n) is 4.90. The van der Waals surface area contributed by atoms with E-state index in [1.807, 2.05) is 17.0 Å². The van der Waals surface area contributed by atoms with E-state index in [0.29, 0.717) is 11.6 Å². The van der Waals surface area contributed by atoms with Gasteiger partial charge in [0.1, 0.15) is 5.69 Å². The van der Waals surface area contributed by atoms with Gasteiger partial charge < -0.3 is 14.5 Å². The lowest BCUT2D eigenvalue weighted by Gasteiger charge is -2.35. The minimum atomic E-state index is 0.0574. The number of nitrogens with zero attached hydrogens (tertiary/aromatic N) is 3. The first-order chi connectivity index (χ1) is 11.1. The summed E-state index contributed by atoms with van der Waals surface area (Å²) in [5, 5.41) is 0. The van der Waals surface area contributed by atoms with Crippen molar-refractivity contribution < 1.29 is 9.53 Å². The minimum Gasteiger partial charge on any atom is -0.378 e. The van der Waals surface area contributed by atoms with Gasteiger partial charge in [0.25, 0.3) is 5.91 Å². The zero-order valence-electron chi connectivity index (χ0n) is 14.2. The SMILES string of the molecule is CC(C)N(CC1CCC1)C(=O)c1cc(N2CCOCC2)ccn1. The van der Waals surface area contributed by atoms with Crippen molar-refractivity contribution in [3.05, 3.63) is 24.0 Å². The number of morpholine rings is 1. The van der Waals surface area contributed by atoms with E-state index in [-0.39, 0.29) is 11.9 Å². The first kappa shape index (κ1) is 16.2. The molecule has 0 bridgehead atoms. The van der Waals surface area contributed by atoms with Crippen LogP contribution in [-0.4, -0.2) is 54.7 Å². The average molecular weight is 317 g/mol. The van der Waals surface area contributed by atoms with Crippen molar-refractivity contribution in [2.45, 2.75) is 39.2 Å². The van der Waals surface area contributed by atoms with Crippen molar-refractivity contribution >= 4 is 11.6 Å². The van der Waals surface area contributed by atoms with Gasteiger partial charge in [-0.05, 0) is 44.7 Å². The molecular formula is C18H27N3O2. The van der Waals surface area contributed by atoms with E-state index in [9.17, 15) is 4.79 Å². The third kappa shape index (κ3) is 3.83. The highest BCUT2D eigenvalue weighted by Crippen LogP contribution is 2.28. The zero-order valence-corrected chi connectivity index (χ0v) is 14.2. The van der Waals surface area contributed by atoms with Crippen LogP contribution in [0.3, 0.4) is 0 Å². The first-order valence-electron chi connectivity index (χ1n) is 8.75. The van der Waals surface area contributed by atoms with Gasteiger partial charge in [0.2, 0.25) is 0 Å². The summed E-state index contributed by atoms with van der Waals surface area (Å²) in [6.45, 7) is 8.25. The number of amides is 1. The van der Waals surface area contributed by atoms with Crippen LogP contribution in [0.25, 0.3) is 0 Å². The number of pyridine rings is 1. The molecule has 3 rings (SSSR count). The molecule has 1 amide bonds. The number of anilines is 1. The molecule has 0 spiro atoms. The fraction of sp³-hybridized carbons (Fsp3) is 0.667. The smallest absolute Gasteiger partial charge is 0.272 e. The molecule has 0 aromatic carbocycles. The summed E-state index contributed by atoms with van der Waals surface area (Å²) >= 11 is 0. The van der Waals surface area contributed by atoms with Crippen LogP contribution in [0.15, 0.2) is 18.3 Å². The molecule has 1 aromatic heterocycles. The first-order valence-corrected chi connectivity index (χ1v) is 8.75. The van der Waals surface area contributed by atoms with Gasteiger partial charge >= 0.3 is 0 Å². The van der Waals surface area contributed by atoms with Crippen LogP contribution in [0.2, 0.25) is 0 Å². The summed E-state index contributed by atoms with van der Waals surface area (Å²) < 4.78 is 5.40. The van der Waals surface area contributed by atoms with E-state index in [0.717, 1.165) is 38.5 Å². The second kappa shape index (κ2) is 7.30. The fourth-order valence-corrected chi connectivity index (χ4v) is 3.18. The predicted molar refractivity (Wildman–Crippen MR) is 90.8 cm³/mol. The van der Waals surface area contributed by atoms with Gasteiger partial charge in [-0.1, -0.05) is 6.42 Å². The molecule has 0 radical (unpaired) electrons. The van der Waals surface area contributed by atoms with Gasteiger partial charge in [0.05, 0.1) is 13.2 Å². The Labute approximate surface area is 138 Å². The van der Waals surface area contributed by atoms with Crippen LogP contribution in [0.1, 0.15) is 43.6 Å². The Kier molecular flexibility index (Phi) is 5.16. The maximum atomic E-state index is 12.9. The molecule has 2 aliphatic rings. The minimum absolute atomic E-state index is 0.0574. The molecule has 1 aliphatic heterocycles. The molecule has 5 heteroatoms. The number of carbonyl (C=O) groups excluding carboxylic acids is 1. The van der Waals surface area contributed by atoms with Crippen molar-refractivity contribution in [3.63, 3.8) is 0 Å². The van der Waals surface area contributed by atoms with Crippen LogP contribution in [0.4, 0.5) is 5.69 Å². The molecule has 23 heavy (non-hydrogen) atoms. The summed E-state index contributed by atoms with van der Waals surface area (Å²) in [5.74, 6) is 0.728. The lowest BCUT2D eigenvalue weighted by Crippen LogP contribution is -2.42. The highest BCUT2D eigenvalue weighted by Gasteiger charge is 2.27. The molecule has 126 valence electrons. The Morgan fingerprint density at radius 2 is 2.13 bits per heavy atom. The lowest BCUT2D eigenvalue weighted by atomic mass is 9.85. The van der Waals surface area contributed by atoms with Gasteiger partial charge in [-0.15, -0.1) is 0 Å². The van der Waals surface area contributed by atoms with Crippen LogP contribution >= 0.6 is 0 Å². The molecule has 1 saturated carbocycles. The molecule has 1 saturated heterocycles. The zero-order chi connectivity index (χ0) is 16.2. The maximum absolute atomic E-state index is 12.9. The van der Waals surface area contributed by atoms with Crippen molar-refractivity contribution in [2.75, 3.05) is 37.7 Å². The van der Waals surface area contributed by atoms with E-state index in [2.05, 4.69) is 23.7 Å². The summed E-state index contributed by atoms with van der Waals surface area (Å²) in [7, 11) is 0. The summed E-state index contributed by atoms with van der Waals surface area (Å²) in [5.41, 5.74) is 1.63. The number of rotatable bonds is 5. The quantitative estimate of drug-likeness (QED) is 0.837. The number of aromatic nitrogens is 1. The summed E-state index contributed by atoms with van der Waals surface area (Å²) in [4.78, 5) is 21.5. The normalized spacial score (nSPS) is 18.8. The van der Waals surface area contributed by atoms with E-state index in [1.165, 1.54) is 19.3 Å². The van der Waals surface area contributed by atoms with Gasteiger partial charge in [-0.3, -0.25) is 9.78 Å². The average Bonchev–Trinajstić information content (AvgIpc) is 2.54. The van der Waals surface area contributed by atoms with Crippen molar-refractivity contribution in [1.82, 2.24) is 9.88 Å². The molecule has 0 unspecified atom stereocenters. The maximum Gasteiger partial charge on any atom is 0.272 e. The van der Waals surface area contributed by atoms with E-state index in [4.69, 9.17) is 4.74 Å². The van der Waals surface area contributed by atoms with E-state index in [1.54, 1.807) is 6.20 Å². The van der Waals surface area contributed by atoms with Gasteiger partial charge in [0.15, 0.2) is 0 Å². The fourth-order valence-electron chi connectivity index (χ4n) is 3.18. The molecule has 2 heterocycles. The van der Waals surface area contributed by atoms with Gasteiger partial charge in [0, 0.05) is 37.6 Å². The number of hydrogen-bond donors (Lipinski definition) is 0. The highest BCUT2D eigenvalue weighted by molar-refractivity contribution is 5.93. The highest BCUT2D eigenvalue weighted by atomic mass is 16.5. The topological polar surface area (TPSA) is 45.7 Å². The molecule has 0 atom stereocenters. The van der Waals surface area contributed by atoms with Crippen molar-refractivity contribution in [2.24, 2.45) is 5.92 Å². The molecule has 1 aliphatic carbocycles. The van der Waals surface area contributed by atoms with E-state index >= 15 is 0 Å². The Morgan fingerprint density at radius 3 is 2.74 bits per heavy atom. The standard InChI is InChI=1S/C18H27N3O2/c1-14(2)21(13-15-4-3-5-15)18(22)17-12-16(6-7-19-17)20-8-10-23-11-9-20/h6-7,12,14-15H,3-5,8-11,13H2,1-2H3. The Morgan fingerprint density at radius 1 is 1.39 bits per heavy atom. The van der Waals surface area contributed by atoms with Crippen LogP contribution in [-0.2, 0) is 4.74 Å². The second-order valence-corrected chi connectivity index (χ2v) is 6.85. The van der Waals surface area contributed by atoms with Gasteiger partial charge in [-0.2, -0.15) is 0 Å². The molecule has 5 nitrogen and oxygen atoms in total. The molecule has 1 aromatic rings. The number of carbonyl (C=O) groups is 1. The van der Waals surface area contributed by atoms with Crippen LogP contribution in [0.5, 0.6) is 0 Å². The Hall–Kier alpha value is -1.62. The van der Waals surface area contributed by atoms with Gasteiger partial charge in [-0.25, -0.2) is 0 Å². The summed E-state index contributed by atoms with van der Waals surface area (Å²) in [6, 6.07) is 4.12. The lowest BCUT2D eigenvalue weighted by molar-refractivity contribution is 0.0626. The second-order valence-electron chi connectivity index (χ2n) is 6.85. The molecule has 2 fully saturated rings. The number of ether oxygens (including phenoxy) is 1. The summed E-state index contributed by atoms with van der Waals surface area (Å²) in [6.07, 6.45) is 5.55. The van der Waals surface area contributed by atoms with E-state index < -0.39 is 0 Å².